The molecule has 9 heteroatoms. The Bertz CT molecular complexity index is 793. The summed E-state index contributed by atoms with van der Waals surface area (Å²) in [6, 6.07) is 5.27. The number of H-pyrrole nitrogens is 1. The molecule has 2 aromatic rings. The highest BCUT2D eigenvalue weighted by atomic mass is 16.4. The van der Waals surface area contributed by atoms with Gasteiger partial charge in [0.05, 0.1) is 12.6 Å². The zero-order valence-electron chi connectivity index (χ0n) is 13.8. The van der Waals surface area contributed by atoms with Crippen LogP contribution in [0.2, 0.25) is 0 Å². The molecule has 0 amide bonds. The second-order valence-corrected chi connectivity index (χ2v) is 6.52. The van der Waals surface area contributed by atoms with Crippen LogP contribution in [0.1, 0.15) is 17.3 Å². The van der Waals surface area contributed by atoms with Crippen LogP contribution in [0.4, 0.5) is 0 Å². The summed E-state index contributed by atoms with van der Waals surface area (Å²) in [5.74, 6) is -1.11. The van der Waals surface area contributed by atoms with Gasteiger partial charge in [0.15, 0.2) is 0 Å². The molecule has 2 heterocycles. The van der Waals surface area contributed by atoms with Crippen molar-refractivity contribution >= 4 is 16.9 Å². The van der Waals surface area contributed by atoms with Crippen molar-refractivity contribution in [2.45, 2.75) is 42.9 Å². The van der Waals surface area contributed by atoms with Gasteiger partial charge in [-0.25, -0.2) is 0 Å². The maximum Gasteiger partial charge on any atom is 0.321 e. The lowest BCUT2D eigenvalue weighted by atomic mass is 9.88. The quantitative estimate of drug-likeness (QED) is 0.298. The zero-order valence-corrected chi connectivity index (χ0v) is 13.8. The Morgan fingerprint density at radius 3 is 2.50 bits per heavy atom. The van der Waals surface area contributed by atoms with Gasteiger partial charge in [0.1, 0.15) is 30.5 Å². The van der Waals surface area contributed by atoms with E-state index in [-0.39, 0.29) is 6.42 Å². The van der Waals surface area contributed by atoms with Crippen molar-refractivity contribution < 1.29 is 35.4 Å². The lowest BCUT2D eigenvalue weighted by Crippen LogP contribution is -2.54. The summed E-state index contributed by atoms with van der Waals surface area (Å²) >= 11 is 0. The van der Waals surface area contributed by atoms with Crippen molar-refractivity contribution in [2.75, 3.05) is 6.61 Å². The predicted octanol–water partition coefficient (Wildman–Crippen LogP) is -1.76. The summed E-state index contributed by atoms with van der Waals surface area (Å²) in [6.45, 7) is -0.793. The third-order valence-electron chi connectivity index (χ3n) is 4.87. The number of aliphatic hydroxyl groups is 5. The molecule has 0 saturated heterocycles. The number of benzene rings is 1. The van der Waals surface area contributed by atoms with Crippen molar-refractivity contribution in [3.63, 3.8) is 0 Å². The van der Waals surface area contributed by atoms with Crippen LogP contribution in [0, 0.1) is 0 Å². The smallest absolute Gasteiger partial charge is 0.321 e. The minimum atomic E-state index is -1.80. The molecule has 0 fully saturated rings. The average Bonchev–Trinajstić information content (AvgIpc) is 3.03. The van der Waals surface area contributed by atoms with E-state index in [0.29, 0.717) is 11.3 Å². The molecule has 3 rings (SSSR count). The molecule has 26 heavy (non-hydrogen) atoms. The molecule has 1 aliphatic rings. The van der Waals surface area contributed by atoms with Crippen LogP contribution in [0.5, 0.6) is 0 Å². The van der Waals surface area contributed by atoms with Gasteiger partial charge >= 0.3 is 5.97 Å². The largest absolute Gasteiger partial charge is 0.480 e. The molecule has 8 N–H and O–H groups in total. The Balaban J connectivity index is 1.99. The highest BCUT2D eigenvalue weighted by molar-refractivity contribution is 5.86. The number of nitrogens with one attached hydrogen (secondary N) is 2. The third kappa shape index (κ3) is 3.20. The molecule has 0 aliphatic carbocycles. The van der Waals surface area contributed by atoms with Gasteiger partial charge in [0.25, 0.3) is 0 Å². The fourth-order valence-corrected chi connectivity index (χ4v) is 3.43. The van der Waals surface area contributed by atoms with Crippen molar-refractivity contribution in [1.82, 2.24) is 10.3 Å². The second-order valence-electron chi connectivity index (χ2n) is 6.52. The van der Waals surface area contributed by atoms with E-state index in [9.17, 15) is 30.3 Å². The summed E-state index contributed by atoms with van der Waals surface area (Å²) in [5.41, 5.74) is 1.98. The standard InChI is InChI=1S/C17H22N2O7/c20-6-11(21)14(22)16(24)15(23)13-12-8(5-10(19-13)17(25)26)7-3-1-2-4-9(7)18-12/h1-4,10-11,13-16,18-24H,5-6H2,(H,25,26)/t10-,11+,13?,14-,15-,16+/m0/s1. The number of hydrogen-bond acceptors (Lipinski definition) is 7. The van der Waals surface area contributed by atoms with Crippen molar-refractivity contribution in [1.29, 1.82) is 0 Å². The van der Waals surface area contributed by atoms with E-state index < -0.39 is 49.1 Å². The van der Waals surface area contributed by atoms with Gasteiger partial charge in [-0.05, 0) is 11.6 Å². The van der Waals surface area contributed by atoms with Crippen LogP contribution in [-0.4, -0.2) is 78.7 Å². The summed E-state index contributed by atoms with van der Waals surface area (Å²) in [4.78, 5) is 14.6. The van der Waals surface area contributed by atoms with E-state index in [0.717, 1.165) is 10.9 Å². The first-order valence-electron chi connectivity index (χ1n) is 8.26. The molecule has 0 radical (unpaired) electrons. The first-order chi connectivity index (χ1) is 12.3. The second kappa shape index (κ2) is 7.31. The molecule has 6 atom stereocenters. The maximum atomic E-state index is 11.5. The van der Waals surface area contributed by atoms with Crippen LogP contribution in [0.15, 0.2) is 24.3 Å². The molecule has 9 nitrogen and oxygen atoms in total. The summed E-state index contributed by atoms with van der Waals surface area (Å²) in [5, 5.41) is 62.0. The first kappa shape index (κ1) is 18.8. The average molecular weight is 366 g/mol. The summed E-state index contributed by atoms with van der Waals surface area (Å²) < 4.78 is 0. The fraction of sp³-hybridized carbons (Fsp3) is 0.471. The number of carboxylic acids is 1. The van der Waals surface area contributed by atoms with Crippen LogP contribution >= 0.6 is 0 Å². The zero-order chi connectivity index (χ0) is 19.0. The van der Waals surface area contributed by atoms with Gasteiger partial charge in [-0.3, -0.25) is 10.1 Å². The Kier molecular flexibility index (Phi) is 5.28. The number of carboxylic acid groups (broad SMARTS) is 1. The van der Waals surface area contributed by atoms with Crippen LogP contribution in [0.25, 0.3) is 10.9 Å². The maximum absolute atomic E-state index is 11.5. The minimum absolute atomic E-state index is 0.190. The van der Waals surface area contributed by atoms with Gasteiger partial charge in [-0.1, -0.05) is 18.2 Å². The summed E-state index contributed by atoms with van der Waals surface area (Å²) in [7, 11) is 0. The number of rotatable bonds is 6. The third-order valence-corrected chi connectivity index (χ3v) is 4.87. The SMILES string of the molecule is O=C(O)[C@@H]1Cc2c([nH]c3ccccc23)C([C@H](O)[C@H](O)[C@@H](O)[C@H](O)CO)N1. The number of aliphatic carboxylic acids is 1. The van der Waals surface area contributed by atoms with Gasteiger partial charge < -0.3 is 35.6 Å². The van der Waals surface area contributed by atoms with Crippen molar-refractivity contribution in [2.24, 2.45) is 0 Å². The Labute approximate surface area is 148 Å². The van der Waals surface area contributed by atoms with Gasteiger partial charge in [-0.15, -0.1) is 0 Å². The Morgan fingerprint density at radius 1 is 1.15 bits per heavy atom. The molecule has 0 spiro atoms. The van der Waals surface area contributed by atoms with E-state index in [1.807, 2.05) is 24.3 Å². The number of hydrogen-bond donors (Lipinski definition) is 8. The van der Waals surface area contributed by atoms with Crippen LogP contribution in [-0.2, 0) is 11.2 Å². The molecule has 0 saturated carbocycles. The number of para-hydroxylation sites is 1. The number of aliphatic hydroxyl groups excluding tert-OH is 5. The van der Waals surface area contributed by atoms with Gasteiger partial charge in [0, 0.05) is 23.0 Å². The normalized spacial score (nSPS) is 24.7. The molecular formula is C17H22N2O7. The molecular weight excluding hydrogens is 344 g/mol. The van der Waals surface area contributed by atoms with Crippen LogP contribution < -0.4 is 5.32 Å². The Hall–Kier alpha value is -2.01. The summed E-state index contributed by atoms with van der Waals surface area (Å²) in [6.07, 6.45) is -6.67. The molecule has 1 aromatic heterocycles. The first-order valence-corrected chi connectivity index (χ1v) is 8.26. The fourth-order valence-electron chi connectivity index (χ4n) is 3.43. The van der Waals surface area contributed by atoms with Crippen molar-refractivity contribution in [3.8, 4) is 0 Å². The molecule has 1 aromatic carbocycles. The number of fused-ring (bicyclic) bond motifs is 3. The molecule has 142 valence electrons. The number of aromatic amines is 1. The van der Waals surface area contributed by atoms with Crippen LogP contribution in [0.3, 0.4) is 0 Å². The molecule has 0 bridgehead atoms. The minimum Gasteiger partial charge on any atom is -0.480 e. The van der Waals surface area contributed by atoms with Gasteiger partial charge in [-0.2, -0.15) is 0 Å². The number of aromatic nitrogens is 1. The van der Waals surface area contributed by atoms with Gasteiger partial charge in [0.2, 0.25) is 0 Å². The van der Waals surface area contributed by atoms with E-state index in [1.165, 1.54) is 0 Å². The lowest BCUT2D eigenvalue weighted by Gasteiger charge is -2.36. The van der Waals surface area contributed by atoms with E-state index >= 15 is 0 Å². The number of carbonyl (C=O) groups is 1. The van der Waals surface area contributed by atoms with E-state index in [1.54, 1.807) is 0 Å². The molecule has 1 unspecified atom stereocenters. The monoisotopic (exact) mass is 366 g/mol. The topological polar surface area (TPSA) is 166 Å². The van der Waals surface area contributed by atoms with E-state index in [2.05, 4.69) is 10.3 Å². The predicted molar refractivity (Wildman–Crippen MR) is 90.4 cm³/mol. The molecule has 1 aliphatic heterocycles. The highest BCUT2D eigenvalue weighted by Crippen LogP contribution is 2.34. The highest BCUT2D eigenvalue weighted by Gasteiger charge is 2.41. The lowest BCUT2D eigenvalue weighted by molar-refractivity contribution is -0.142. The van der Waals surface area contributed by atoms with E-state index in [4.69, 9.17) is 5.11 Å². The van der Waals surface area contributed by atoms with Crippen molar-refractivity contribution in [3.05, 3.63) is 35.5 Å². The Morgan fingerprint density at radius 2 is 1.85 bits per heavy atom.